The van der Waals surface area contributed by atoms with Crippen molar-refractivity contribution in [3.05, 3.63) is 24.3 Å². The van der Waals surface area contributed by atoms with Crippen LogP contribution >= 0.6 is 0 Å². The first-order valence-electron chi connectivity index (χ1n) is 3.29. The summed E-state index contributed by atoms with van der Waals surface area (Å²) in [5, 5.41) is 16.8. The summed E-state index contributed by atoms with van der Waals surface area (Å²) in [6.45, 7) is 4.94. The number of carboxylic acid groups (broad SMARTS) is 2. The summed E-state index contributed by atoms with van der Waals surface area (Å²) < 4.78 is 0. The highest BCUT2D eigenvalue weighted by Crippen LogP contribution is 2.10. The molecule has 0 aromatic heterocycles. The van der Waals surface area contributed by atoms with Crippen LogP contribution in [-0.2, 0) is 9.59 Å². The topological polar surface area (TPSA) is 74.6 Å². The van der Waals surface area contributed by atoms with Crippen LogP contribution in [0.1, 0.15) is 6.92 Å². The highest BCUT2D eigenvalue weighted by atomic mass is 16.4. The molecule has 1 atom stereocenters. The van der Waals surface area contributed by atoms with Crippen LogP contribution in [0.5, 0.6) is 0 Å². The zero-order chi connectivity index (χ0) is 9.72. The molecule has 0 aromatic rings. The van der Waals surface area contributed by atoms with Gasteiger partial charge in [-0.3, -0.25) is 0 Å². The van der Waals surface area contributed by atoms with Crippen molar-refractivity contribution in [2.24, 2.45) is 5.92 Å². The molecule has 66 valence electrons. The van der Waals surface area contributed by atoms with Crippen molar-refractivity contribution in [1.82, 2.24) is 0 Å². The molecule has 0 aliphatic carbocycles. The summed E-state index contributed by atoms with van der Waals surface area (Å²) in [4.78, 5) is 20.6. The van der Waals surface area contributed by atoms with Crippen LogP contribution in [0.4, 0.5) is 0 Å². The van der Waals surface area contributed by atoms with Crippen molar-refractivity contribution in [2.75, 3.05) is 0 Å². The van der Waals surface area contributed by atoms with Gasteiger partial charge in [-0.15, -0.1) is 6.58 Å². The first kappa shape index (κ1) is 10.4. The van der Waals surface area contributed by atoms with Crippen molar-refractivity contribution in [3.8, 4) is 0 Å². The van der Waals surface area contributed by atoms with Crippen LogP contribution < -0.4 is 0 Å². The molecule has 0 saturated carbocycles. The summed E-state index contributed by atoms with van der Waals surface area (Å²) in [6.07, 6.45) is 2.05. The number of rotatable bonds is 4. The van der Waals surface area contributed by atoms with Gasteiger partial charge in [0, 0.05) is 12.0 Å². The molecule has 0 rings (SSSR count). The molecule has 12 heavy (non-hydrogen) atoms. The molecule has 0 radical (unpaired) electrons. The zero-order valence-electron chi connectivity index (χ0n) is 6.65. The largest absolute Gasteiger partial charge is 0.478 e. The Labute approximate surface area is 69.8 Å². The van der Waals surface area contributed by atoms with E-state index in [9.17, 15) is 9.59 Å². The van der Waals surface area contributed by atoms with E-state index in [0.29, 0.717) is 6.08 Å². The third kappa shape index (κ3) is 3.01. The smallest absolute Gasteiger partial charge is 0.332 e. The van der Waals surface area contributed by atoms with E-state index < -0.39 is 17.9 Å². The summed E-state index contributed by atoms with van der Waals surface area (Å²) in [7, 11) is 0. The quantitative estimate of drug-likeness (QED) is 0.485. The van der Waals surface area contributed by atoms with Crippen LogP contribution in [0.3, 0.4) is 0 Å². The van der Waals surface area contributed by atoms with Gasteiger partial charge < -0.3 is 10.2 Å². The van der Waals surface area contributed by atoms with Crippen LogP contribution in [0.15, 0.2) is 24.3 Å². The molecule has 0 aliphatic rings. The minimum Gasteiger partial charge on any atom is -0.478 e. The van der Waals surface area contributed by atoms with Gasteiger partial charge in [0.05, 0.1) is 5.57 Å². The Hall–Kier alpha value is -1.58. The van der Waals surface area contributed by atoms with Crippen LogP contribution in [-0.4, -0.2) is 22.2 Å². The molecule has 0 fully saturated rings. The maximum Gasteiger partial charge on any atom is 0.332 e. The zero-order valence-corrected chi connectivity index (χ0v) is 6.65. The molecule has 0 saturated heterocycles. The van der Waals surface area contributed by atoms with Crippen LogP contribution in [0, 0.1) is 5.92 Å². The summed E-state index contributed by atoms with van der Waals surface area (Å²) in [5.41, 5.74) is -0.169. The molecule has 0 heterocycles. The minimum absolute atomic E-state index is 0.169. The third-order valence-electron chi connectivity index (χ3n) is 1.37. The lowest BCUT2D eigenvalue weighted by Crippen LogP contribution is -2.10. The van der Waals surface area contributed by atoms with E-state index in [1.54, 1.807) is 6.92 Å². The van der Waals surface area contributed by atoms with E-state index in [0.717, 1.165) is 0 Å². The average molecular weight is 170 g/mol. The van der Waals surface area contributed by atoms with Crippen molar-refractivity contribution in [2.45, 2.75) is 6.92 Å². The van der Waals surface area contributed by atoms with Crippen LogP contribution in [0.2, 0.25) is 0 Å². The maximum atomic E-state index is 10.5. The normalized spacial score (nSPS) is 13.6. The molecule has 0 spiro atoms. The third-order valence-corrected chi connectivity index (χ3v) is 1.37. The molecule has 0 bridgehead atoms. The molecule has 0 amide bonds. The average Bonchev–Trinajstić information content (AvgIpc) is 1.98. The van der Waals surface area contributed by atoms with Gasteiger partial charge in [-0.2, -0.15) is 0 Å². The van der Waals surface area contributed by atoms with E-state index in [4.69, 9.17) is 10.2 Å². The van der Waals surface area contributed by atoms with Gasteiger partial charge in [-0.25, -0.2) is 9.59 Å². The predicted molar refractivity (Wildman–Crippen MR) is 42.7 cm³/mol. The number of aliphatic carboxylic acids is 2. The van der Waals surface area contributed by atoms with Crippen molar-refractivity contribution in [1.29, 1.82) is 0 Å². The lowest BCUT2D eigenvalue weighted by molar-refractivity contribution is -0.135. The number of hydrogen-bond acceptors (Lipinski definition) is 2. The monoisotopic (exact) mass is 170 g/mol. The summed E-state index contributed by atoms with van der Waals surface area (Å²) >= 11 is 0. The van der Waals surface area contributed by atoms with Gasteiger partial charge in [-0.05, 0) is 0 Å². The highest BCUT2D eigenvalue weighted by molar-refractivity contribution is 5.95. The molecular weight excluding hydrogens is 160 g/mol. The Morgan fingerprint density at radius 3 is 2.17 bits per heavy atom. The van der Waals surface area contributed by atoms with Gasteiger partial charge in [0.15, 0.2) is 0 Å². The Morgan fingerprint density at radius 1 is 1.42 bits per heavy atom. The van der Waals surface area contributed by atoms with E-state index in [1.807, 2.05) is 0 Å². The molecule has 4 nitrogen and oxygen atoms in total. The van der Waals surface area contributed by atoms with E-state index >= 15 is 0 Å². The standard InChI is InChI=1S/C8H10O4/c1-3-5(2)6(8(11)12)4-7(9)10/h3-5H,1H2,2H3,(H,9,10)(H,11,12). The number of carbonyl (C=O) groups is 2. The first-order chi connectivity index (χ1) is 5.49. The minimum atomic E-state index is -1.26. The fraction of sp³-hybridized carbons (Fsp3) is 0.250. The Balaban J connectivity index is 4.78. The number of allylic oxidation sites excluding steroid dienone is 1. The fourth-order valence-electron chi connectivity index (χ4n) is 0.648. The van der Waals surface area contributed by atoms with Crippen LogP contribution in [0.25, 0.3) is 0 Å². The van der Waals surface area contributed by atoms with Gasteiger partial charge in [0.25, 0.3) is 0 Å². The lowest BCUT2D eigenvalue weighted by Gasteiger charge is -2.04. The summed E-state index contributed by atoms with van der Waals surface area (Å²) in [5.74, 6) is -2.95. The Morgan fingerprint density at radius 2 is 1.92 bits per heavy atom. The molecule has 2 N–H and O–H groups in total. The molecule has 1 unspecified atom stereocenters. The predicted octanol–water partition coefficient (Wildman–Crippen LogP) is 0.904. The SMILES string of the molecule is C=CC(C)C(=CC(=O)O)C(=O)O. The Bertz CT molecular complexity index is 239. The molecular formula is C8H10O4. The van der Waals surface area contributed by atoms with Gasteiger partial charge >= 0.3 is 11.9 Å². The van der Waals surface area contributed by atoms with Crippen molar-refractivity contribution < 1.29 is 19.8 Å². The maximum absolute atomic E-state index is 10.5. The second-order valence-corrected chi connectivity index (χ2v) is 2.27. The van der Waals surface area contributed by atoms with E-state index in [-0.39, 0.29) is 5.57 Å². The molecule has 0 aliphatic heterocycles. The highest BCUT2D eigenvalue weighted by Gasteiger charge is 2.14. The van der Waals surface area contributed by atoms with Gasteiger partial charge in [0.2, 0.25) is 0 Å². The van der Waals surface area contributed by atoms with E-state index in [1.165, 1.54) is 6.08 Å². The number of hydrogen-bond donors (Lipinski definition) is 2. The van der Waals surface area contributed by atoms with E-state index in [2.05, 4.69) is 6.58 Å². The second kappa shape index (κ2) is 4.33. The van der Waals surface area contributed by atoms with Crippen molar-refractivity contribution >= 4 is 11.9 Å². The van der Waals surface area contributed by atoms with Crippen molar-refractivity contribution in [3.63, 3.8) is 0 Å². The summed E-state index contributed by atoms with van der Waals surface area (Å²) in [6, 6.07) is 0. The number of carboxylic acids is 2. The van der Waals surface area contributed by atoms with Gasteiger partial charge in [-0.1, -0.05) is 13.0 Å². The molecule has 0 aromatic carbocycles. The lowest BCUT2D eigenvalue weighted by atomic mass is 10.0. The first-order valence-corrected chi connectivity index (χ1v) is 3.29. The Kier molecular flexibility index (Phi) is 3.76. The fourth-order valence-corrected chi connectivity index (χ4v) is 0.648. The van der Waals surface area contributed by atoms with Gasteiger partial charge in [0.1, 0.15) is 0 Å². The second-order valence-electron chi connectivity index (χ2n) is 2.27. The molecule has 4 heteroatoms.